The highest BCUT2D eigenvalue weighted by Crippen LogP contribution is 2.42. The molecule has 1 saturated carbocycles. The van der Waals surface area contributed by atoms with Crippen LogP contribution in [0.1, 0.15) is 52.3 Å². The SMILES string of the molecule is CCn1ccnc1CC(NN)C1CCCCC1(C)C. The third kappa shape index (κ3) is 3.18. The van der Waals surface area contributed by atoms with E-state index in [1.807, 2.05) is 6.20 Å². The molecule has 19 heavy (non-hydrogen) atoms. The predicted octanol–water partition coefficient (Wildman–Crippen LogP) is 2.49. The van der Waals surface area contributed by atoms with Crippen LogP contribution < -0.4 is 11.3 Å². The van der Waals surface area contributed by atoms with Gasteiger partial charge in [0.1, 0.15) is 5.82 Å². The molecule has 1 aliphatic carbocycles. The summed E-state index contributed by atoms with van der Waals surface area (Å²) < 4.78 is 2.21. The van der Waals surface area contributed by atoms with Gasteiger partial charge in [-0.2, -0.15) is 0 Å². The number of nitrogens with zero attached hydrogens (tertiary/aromatic N) is 2. The maximum Gasteiger partial charge on any atom is 0.110 e. The van der Waals surface area contributed by atoms with Crippen LogP contribution in [0.3, 0.4) is 0 Å². The summed E-state index contributed by atoms with van der Waals surface area (Å²) in [6, 6.07) is 0.322. The van der Waals surface area contributed by atoms with E-state index >= 15 is 0 Å². The van der Waals surface area contributed by atoms with Crippen LogP contribution in [-0.2, 0) is 13.0 Å². The summed E-state index contributed by atoms with van der Waals surface area (Å²) in [5, 5.41) is 0. The van der Waals surface area contributed by atoms with Gasteiger partial charge in [0.25, 0.3) is 0 Å². The number of nitrogens with one attached hydrogen (secondary N) is 1. The average molecular weight is 264 g/mol. The molecule has 1 aliphatic rings. The molecule has 108 valence electrons. The molecule has 4 nitrogen and oxygen atoms in total. The van der Waals surface area contributed by atoms with Gasteiger partial charge in [0.15, 0.2) is 0 Å². The number of hydrogen-bond donors (Lipinski definition) is 2. The Hall–Kier alpha value is -0.870. The van der Waals surface area contributed by atoms with E-state index in [-0.39, 0.29) is 0 Å². The molecule has 2 rings (SSSR count). The second-order valence-electron chi connectivity index (χ2n) is 6.45. The van der Waals surface area contributed by atoms with Crippen molar-refractivity contribution >= 4 is 0 Å². The van der Waals surface area contributed by atoms with E-state index < -0.39 is 0 Å². The van der Waals surface area contributed by atoms with Crippen molar-refractivity contribution in [2.75, 3.05) is 0 Å². The molecule has 4 heteroatoms. The molecule has 0 aliphatic heterocycles. The number of aromatic nitrogens is 2. The molecule has 0 bridgehead atoms. The van der Waals surface area contributed by atoms with Gasteiger partial charge >= 0.3 is 0 Å². The lowest BCUT2D eigenvalue weighted by atomic mass is 9.65. The molecule has 3 N–H and O–H groups in total. The minimum atomic E-state index is 0.322. The monoisotopic (exact) mass is 264 g/mol. The first kappa shape index (κ1) is 14.5. The lowest BCUT2D eigenvalue weighted by molar-refractivity contribution is 0.0971. The second-order valence-corrected chi connectivity index (χ2v) is 6.45. The normalized spacial score (nSPS) is 24.3. The molecular weight excluding hydrogens is 236 g/mol. The number of rotatable bonds is 5. The molecule has 0 spiro atoms. The summed E-state index contributed by atoms with van der Waals surface area (Å²) in [4.78, 5) is 4.48. The predicted molar refractivity (Wildman–Crippen MR) is 78.5 cm³/mol. The molecule has 1 heterocycles. The minimum Gasteiger partial charge on any atom is -0.335 e. The van der Waals surface area contributed by atoms with Gasteiger partial charge in [-0.15, -0.1) is 0 Å². The Bertz CT molecular complexity index is 397. The zero-order chi connectivity index (χ0) is 13.9. The summed E-state index contributed by atoms with van der Waals surface area (Å²) in [7, 11) is 0. The summed E-state index contributed by atoms with van der Waals surface area (Å²) in [5.41, 5.74) is 3.44. The first-order chi connectivity index (χ1) is 9.08. The Kier molecular flexibility index (Phi) is 4.63. The van der Waals surface area contributed by atoms with Gasteiger partial charge in [-0.25, -0.2) is 4.98 Å². The van der Waals surface area contributed by atoms with Gasteiger partial charge in [0.2, 0.25) is 0 Å². The molecule has 0 aromatic carbocycles. The smallest absolute Gasteiger partial charge is 0.110 e. The van der Waals surface area contributed by atoms with E-state index in [0.717, 1.165) is 18.8 Å². The van der Waals surface area contributed by atoms with Crippen LogP contribution in [0.5, 0.6) is 0 Å². The van der Waals surface area contributed by atoms with Crippen LogP contribution in [0.15, 0.2) is 12.4 Å². The Balaban J connectivity index is 2.11. The molecule has 2 unspecified atom stereocenters. The molecule has 1 fully saturated rings. The lowest BCUT2D eigenvalue weighted by Crippen LogP contribution is -2.49. The zero-order valence-electron chi connectivity index (χ0n) is 12.5. The minimum absolute atomic E-state index is 0.322. The fourth-order valence-electron chi connectivity index (χ4n) is 3.60. The van der Waals surface area contributed by atoms with Crippen molar-refractivity contribution < 1.29 is 0 Å². The third-order valence-electron chi connectivity index (χ3n) is 4.83. The van der Waals surface area contributed by atoms with Gasteiger partial charge < -0.3 is 4.57 Å². The Morgan fingerprint density at radius 3 is 2.95 bits per heavy atom. The first-order valence-corrected chi connectivity index (χ1v) is 7.54. The molecule has 1 aromatic heterocycles. The largest absolute Gasteiger partial charge is 0.335 e. The van der Waals surface area contributed by atoms with E-state index in [0.29, 0.717) is 17.4 Å². The van der Waals surface area contributed by atoms with Crippen molar-refractivity contribution in [3.63, 3.8) is 0 Å². The van der Waals surface area contributed by atoms with E-state index in [1.54, 1.807) is 0 Å². The standard InChI is InChI=1S/C15H28N4/c1-4-19-10-9-17-14(19)11-13(18-16)12-7-5-6-8-15(12,2)3/h9-10,12-13,18H,4-8,11,16H2,1-3H3. The van der Waals surface area contributed by atoms with Crippen LogP contribution in [0.2, 0.25) is 0 Å². The lowest BCUT2D eigenvalue weighted by Gasteiger charge is -2.43. The van der Waals surface area contributed by atoms with Crippen LogP contribution in [-0.4, -0.2) is 15.6 Å². The number of imidazole rings is 1. The van der Waals surface area contributed by atoms with Crippen LogP contribution in [0.25, 0.3) is 0 Å². The Morgan fingerprint density at radius 1 is 1.53 bits per heavy atom. The van der Waals surface area contributed by atoms with Crippen LogP contribution in [0, 0.1) is 11.3 Å². The fraction of sp³-hybridized carbons (Fsp3) is 0.800. The van der Waals surface area contributed by atoms with E-state index in [4.69, 9.17) is 5.84 Å². The zero-order valence-corrected chi connectivity index (χ0v) is 12.5. The van der Waals surface area contributed by atoms with Crippen molar-refractivity contribution in [2.24, 2.45) is 17.2 Å². The number of hydrazine groups is 1. The van der Waals surface area contributed by atoms with Crippen molar-refractivity contribution in [3.8, 4) is 0 Å². The number of nitrogens with two attached hydrogens (primary N) is 1. The van der Waals surface area contributed by atoms with Gasteiger partial charge in [-0.05, 0) is 31.1 Å². The van der Waals surface area contributed by atoms with Crippen molar-refractivity contribution in [1.29, 1.82) is 0 Å². The highest BCUT2D eigenvalue weighted by molar-refractivity contribution is 4.99. The van der Waals surface area contributed by atoms with Crippen molar-refractivity contribution in [3.05, 3.63) is 18.2 Å². The maximum absolute atomic E-state index is 5.85. The van der Waals surface area contributed by atoms with Crippen molar-refractivity contribution in [1.82, 2.24) is 15.0 Å². The highest BCUT2D eigenvalue weighted by atomic mass is 15.2. The molecular formula is C15H28N4. The number of hydrogen-bond acceptors (Lipinski definition) is 3. The topological polar surface area (TPSA) is 55.9 Å². The number of aryl methyl sites for hydroxylation is 1. The second kappa shape index (κ2) is 6.06. The third-order valence-corrected chi connectivity index (χ3v) is 4.83. The highest BCUT2D eigenvalue weighted by Gasteiger charge is 2.37. The van der Waals surface area contributed by atoms with E-state index in [2.05, 4.69) is 41.9 Å². The Morgan fingerprint density at radius 2 is 2.32 bits per heavy atom. The maximum atomic E-state index is 5.85. The van der Waals surface area contributed by atoms with Crippen molar-refractivity contribution in [2.45, 2.75) is 65.5 Å². The Labute approximate surface area is 116 Å². The molecule has 0 radical (unpaired) electrons. The van der Waals surface area contributed by atoms with Crippen LogP contribution >= 0.6 is 0 Å². The summed E-state index contributed by atoms with van der Waals surface area (Å²) in [5.74, 6) is 7.62. The summed E-state index contributed by atoms with van der Waals surface area (Å²) in [6.07, 6.45) is 10.1. The van der Waals surface area contributed by atoms with Crippen LogP contribution in [0.4, 0.5) is 0 Å². The average Bonchev–Trinajstić information content (AvgIpc) is 2.83. The van der Waals surface area contributed by atoms with E-state index in [9.17, 15) is 0 Å². The fourth-order valence-corrected chi connectivity index (χ4v) is 3.60. The van der Waals surface area contributed by atoms with Gasteiger partial charge in [-0.3, -0.25) is 11.3 Å². The van der Waals surface area contributed by atoms with Gasteiger partial charge in [-0.1, -0.05) is 26.7 Å². The van der Waals surface area contributed by atoms with Gasteiger partial charge in [0.05, 0.1) is 0 Å². The van der Waals surface area contributed by atoms with E-state index in [1.165, 1.54) is 25.7 Å². The quantitative estimate of drug-likeness (QED) is 0.634. The molecule has 0 amide bonds. The molecule has 2 atom stereocenters. The molecule has 0 saturated heterocycles. The summed E-state index contributed by atoms with van der Waals surface area (Å²) in [6.45, 7) is 7.89. The molecule has 1 aromatic rings. The first-order valence-electron chi connectivity index (χ1n) is 7.54. The summed E-state index contributed by atoms with van der Waals surface area (Å²) >= 11 is 0. The van der Waals surface area contributed by atoms with Gasteiger partial charge in [0, 0.05) is 31.4 Å².